The van der Waals surface area contributed by atoms with Crippen LogP contribution in [0.5, 0.6) is 5.75 Å². The van der Waals surface area contributed by atoms with Crippen molar-refractivity contribution in [1.29, 1.82) is 0 Å². The lowest BCUT2D eigenvalue weighted by Crippen LogP contribution is -2.22. The highest BCUT2D eigenvalue weighted by atomic mass is 35.5. The number of hydrogen-bond acceptors (Lipinski definition) is 5. The van der Waals surface area contributed by atoms with Crippen molar-refractivity contribution in [3.8, 4) is 40.2 Å². The van der Waals surface area contributed by atoms with Gasteiger partial charge in [-0.15, -0.1) is 0 Å². The van der Waals surface area contributed by atoms with Crippen LogP contribution in [0.15, 0.2) is 60.8 Å². The van der Waals surface area contributed by atoms with E-state index in [0.29, 0.717) is 39.0 Å². The Bertz CT molecular complexity index is 1430. The summed E-state index contributed by atoms with van der Waals surface area (Å²) in [5.41, 5.74) is 15.9. The molecular formula is C25H20ClN5O2. The number of benzene rings is 2. The van der Waals surface area contributed by atoms with Crippen LogP contribution in [0.2, 0.25) is 5.02 Å². The van der Waals surface area contributed by atoms with E-state index in [1.807, 2.05) is 37.3 Å². The maximum atomic E-state index is 12.7. The molecule has 0 fully saturated rings. The van der Waals surface area contributed by atoms with E-state index in [0.717, 1.165) is 11.1 Å². The number of carbonyl (C=O) groups excluding carboxylic acids is 1. The van der Waals surface area contributed by atoms with Gasteiger partial charge in [-0.05, 0) is 48.9 Å². The Labute approximate surface area is 196 Å². The molecule has 0 unspecified atom stereocenters. The SMILES string of the molecule is COc1ccccc1C#Cc1cc(-c2cc(Cl)ccc2C)n(C(N)=O)c1-c1ccnc(N)n1. The van der Waals surface area contributed by atoms with Crippen molar-refractivity contribution in [3.63, 3.8) is 0 Å². The van der Waals surface area contributed by atoms with Crippen molar-refractivity contribution < 1.29 is 9.53 Å². The first-order valence-corrected chi connectivity index (χ1v) is 10.3. The summed E-state index contributed by atoms with van der Waals surface area (Å²) >= 11 is 6.25. The number of nitrogens with zero attached hydrogens (tertiary/aromatic N) is 3. The zero-order valence-corrected chi connectivity index (χ0v) is 18.7. The third-order valence-electron chi connectivity index (χ3n) is 5.05. The number of ether oxygens (including phenoxy) is 1. The fourth-order valence-electron chi connectivity index (χ4n) is 3.54. The molecule has 164 valence electrons. The molecule has 0 aliphatic rings. The average Bonchev–Trinajstić information content (AvgIpc) is 3.19. The molecule has 0 aliphatic heterocycles. The highest BCUT2D eigenvalue weighted by Crippen LogP contribution is 2.34. The van der Waals surface area contributed by atoms with Crippen LogP contribution in [0.25, 0.3) is 22.6 Å². The number of amides is 1. The Kier molecular flexibility index (Phi) is 6.03. The van der Waals surface area contributed by atoms with Gasteiger partial charge in [0.15, 0.2) is 0 Å². The third kappa shape index (κ3) is 4.38. The quantitative estimate of drug-likeness (QED) is 0.440. The first-order chi connectivity index (χ1) is 15.9. The Morgan fingerprint density at radius 1 is 1.09 bits per heavy atom. The van der Waals surface area contributed by atoms with Gasteiger partial charge in [0.05, 0.1) is 35.3 Å². The molecule has 0 saturated carbocycles. The van der Waals surface area contributed by atoms with Gasteiger partial charge in [0.2, 0.25) is 5.95 Å². The molecule has 0 saturated heterocycles. The van der Waals surface area contributed by atoms with Gasteiger partial charge in [-0.2, -0.15) is 0 Å². The lowest BCUT2D eigenvalue weighted by atomic mass is 10.1. The highest BCUT2D eigenvalue weighted by molar-refractivity contribution is 6.30. The minimum absolute atomic E-state index is 0.0637. The second-order valence-electron chi connectivity index (χ2n) is 7.18. The van der Waals surface area contributed by atoms with Crippen LogP contribution in [0.3, 0.4) is 0 Å². The zero-order valence-electron chi connectivity index (χ0n) is 18.0. The predicted octanol–water partition coefficient (Wildman–Crippen LogP) is 4.49. The van der Waals surface area contributed by atoms with Crippen LogP contribution >= 0.6 is 11.6 Å². The predicted molar refractivity (Wildman–Crippen MR) is 129 cm³/mol. The summed E-state index contributed by atoms with van der Waals surface area (Å²) in [5.74, 6) is 6.97. The number of rotatable bonds is 3. The average molecular weight is 458 g/mol. The molecule has 2 heterocycles. The fourth-order valence-corrected chi connectivity index (χ4v) is 3.72. The molecule has 0 atom stereocenters. The van der Waals surface area contributed by atoms with Crippen molar-refractivity contribution in [2.75, 3.05) is 12.8 Å². The third-order valence-corrected chi connectivity index (χ3v) is 5.29. The number of aryl methyl sites for hydroxylation is 1. The normalized spacial score (nSPS) is 10.4. The lowest BCUT2D eigenvalue weighted by molar-refractivity contribution is 0.251. The van der Waals surface area contributed by atoms with Crippen molar-refractivity contribution in [3.05, 3.63) is 82.5 Å². The molecule has 0 radical (unpaired) electrons. The van der Waals surface area contributed by atoms with Crippen LogP contribution < -0.4 is 16.2 Å². The van der Waals surface area contributed by atoms with Crippen molar-refractivity contribution >= 4 is 23.6 Å². The van der Waals surface area contributed by atoms with Gasteiger partial charge in [-0.25, -0.2) is 14.8 Å². The summed E-state index contributed by atoms with van der Waals surface area (Å²) in [4.78, 5) is 20.9. The van der Waals surface area contributed by atoms with E-state index in [9.17, 15) is 4.79 Å². The Hall–Kier alpha value is -4.28. The molecule has 2 aromatic heterocycles. The van der Waals surface area contributed by atoms with Crippen LogP contribution in [0, 0.1) is 18.8 Å². The molecule has 2 aromatic carbocycles. The van der Waals surface area contributed by atoms with E-state index >= 15 is 0 Å². The summed E-state index contributed by atoms with van der Waals surface area (Å²) in [6.07, 6.45) is 1.51. The van der Waals surface area contributed by atoms with Crippen LogP contribution in [0.4, 0.5) is 10.7 Å². The largest absolute Gasteiger partial charge is 0.495 e. The van der Waals surface area contributed by atoms with E-state index in [1.54, 1.807) is 31.4 Å². The van der Waals surface area contributed by atoms with Gasteiger partial charge in [0, 0.05) is 16.8 Å². The minimum atomic E-state index is -0.693. The lowest BCUT2D eigenvalue weighted by Gasteiger charge is -2.12. The Balaban J connectivity index is 2.03. The monoisotopic (exact) mass is 457 g/mol. The molecular weight excluding hydrogens is 438 g/mol. The molecule has 8 heteroatoms. The summed E-state index contributed by atoms with van der Waals surface area (Å²) in [5, 5.41) is 0.530. The van der Waals surface area contributed by atoms with Crippen LogP contribution in [-0.4, -0.2) is 27.7 Å². The number of anilines is 1. The maximum absolute atomic E-state index is 12.7. The van der Waals surface area contributed by atoms with Gasteiger partial charge in [-0.1, -0.05) is 41.6 Å². The Morgan fingerprint density at radius 2 is 1.85 bits per heavy atom. The topological polar surface area (TPSA) is 109 Å². The molecule has 33 heavy (non-hydrogen) atoms. The van der Waals surface area contributed by atoms with Gasteiger partial charge >= 0.3 is 6.03 Å². The first kappa shape index (κ1) is 21.9. The molecule has 0 bridgehead atoms. The molecule has 7 nitrogen and oxygen atoms in total. The number of carbonyl (C=O) groups is 1. The molecule has 1 amide bonds. The standard InChI is InChI=1S/C25H20ClN5O2/c1-15-7-10-18(26)14-19(15)21-13-17(9-8-16-5-3-4-6-22(16)33-2)23(31(21)25(28)32)20-11-12-29-24(27)30-20/h3-7,10-14H,1-2H3,(H2,28,32)(H2,27,29,30). The second kappa shape index (κ2) is 9.07. The summed E-state index contributed by atoms with van der Waals surface area (Å²) < 4.78 is 6.76. The summed E-state index contributed by atoms with van der Waals surface area (Å²) in [6, 6.07) is 15.6. The van der Waals surface area contributed by atoms with Gasteiger partial charge < -0.3 is 16.2 Å². The number of para-hydroxylation sites is 1. The van der Waals surface area contributed by atoms with E-state index in [1.165, 1.54) is 10.8 Å². The van der Waals surface area contributed by atoms with E-state index in [4.69, 9.17) is 27.8 Å². The van der Waals surface area contributed by atoms with Crippen LogP contribution in [-0.2, 0) is 0 Å². The molecule has 4 rings (SSSR count). The summed E-state index contributed by atoms with van der Waals surface area (Å²) in [6.45, 7) is 1.92. The minimum Gasteiger partial charge on any atom is -0.495 e. The van der Waals surface area contributed by atoms with Crippen molar-refractivity contribution in [1.82, 2.24) is 14.5 Å². The number of nitrogen functional groups attached to an aromatic ring is 1. The number of aromatic nitrogens is 3. The number of primary amides is 1. The van der Waals surface area contributed by atoms with Crippen molar-refractivity contribution in [2.24, 2.45) is 5.73 Å². The van der Waals surface area contributed by atoms with Crippen LogP contribution in [0.1, 0.15) is 16.7 Å². The molecule has 0 aliphatic carbocycles. The molecule has 4 N–H and O–H groups in total. The number of methoxy groups -OCH3 is 1. The number of halogens is 1. The summed E-state index contributed by atoms with van der Waals surface area (Å²) in [7, 11) is 1.58. The van der Waals surface area contributed by atoms with Gasteiger partial charge in [-0.3, -0.25) is 4.57 Å². The Morgan fingerprint density at radius 3 is 2.58 bits per heavy atom. The zero-order chi connectivity index (χ0) is 23.5. The van der Waals surface area contributed by atoms with E-state index in [-0.39, 0.29) is 5.95 Å². The molecule has 0 spiro atoms. The van der Waals surface area contributed by atoms with E-state index < -0.39 is 6.03 Å². The van der Waals surface area contributed by atoms with E-state index in [2.05, 4.69) is 21.8 Å². The number of nitrogens with two attached hydrogens (primary N) is 2. The van der Waals surface area contributed by atoms with Crippen molar-refractivity contribution in [2.45, 2.75) is 6.92 Å². The smallest absolute Gasteiger partial charge is 0.324 e. The maximum Gasteiger partial charge on any atom is 0.324 e. The first-order valence-electron chi connectivity index (χ1n) is 9.95. The number of hydrogen-bond donors (Lipinski definition) is 2. The molecule has 4 aromatic rings. The van der Waals surface area contributed by atoms with Gasteiger partial charge in [0.1, 0.15) is 5.75 Å². The fraction of sp³-hybridized carbons (Fsp3) is 0.0800. The van der Waals surface area contributed by atoms with Gasteiger partial charge in [0.25, 0.3) is 0 Å². The highest BCUT2D eigenvalue weighted by Gasteiger charge is 2.22. The second-order valence-corrected chi connectivity index (χ2v) is 7.61.